The summed E-state index contributed by atoms with van der Waals surface area (Å²) in [5, 5.41) is 4.51. The lowest BCUT2D eigenvalue weighted by atomic mass is 10.0. The average molecular weight is 357 g/mol. The minimum absolute atomic E-state index is 0.766. The lowest BCUT2D eigenvalue weighted by molar-refractivity contribution is 0.688. The third kappa shape index (κ3) is 4.04. The molecule has 0 saturated heterocycles. The first-order valence-corrected chi connectivity index (χ1v) is 9.40. The van der Waals surface area contributed by atoms with Gasteiger partial charge in [-0.3, -0.25) is 4.98 Å². The van der Waals surface area contributed by atoms with Gasteiger partial charge in [-0.05, 0) is 28.3 Å². The molecule has 0 bridgehead atoms. The second kappa shape index (κ2) is 8.04. The molecule has 4 aromatic rings. The summed E-state index contributed by atoms with van der Waals surface area (Å²) in [5.41, 5.74) is 4.86. The van der Waals surface area contributed by atoms with Gasteiger partial charge < -0.3 is 5.32 Å². The molecule has 4 heteroatoms. The normalized spacial score (nSPS) is 10.8. The van der Waals surface area contributed by atoms with Crippen molar-refractivity contribution in [3.63, 3.8) is 0 Å². The van der Waals surface area contributed by atoms with E-state index in [0.717, 1.165) is 18.1 Å². The zero-order valence-corrected chi connectivity index (χ0v) is 15.1. The van der Waals surface area contributed by atoms with E-state index in [2.05, 4.69) is 69.9 Å². The van der Waals surface area contributed by atoms with Crippen molar-refractivity contribution >= 4 is 11.3 Å². The van der Waals surface area contributed by atoms with E-state index in [9.17, 15) is 0 Å². The fourth-order valence-corrected chi connectivity index (χ4v) is 3.69. The van der Waals surface area contributed by atoms with Gasteiger partial charge in [-0.1, -0.05) is 60.7 Å². The van der Waals surface area contributed by atoms with Gasteiger partial charge in [0, 0.05) is 31.7 Å². The molecule has 0 aliphatic heterocycles. The van der Waals surface area contributed by atoms with Gasteiger partial charge in [0.05, 0.1) is 4.88 Å². The number of pyridine rings is 1. The van der Waals surface area contributed by atoms with E-state index in [0.29, 0.717) is 0 Å². The lowest BCUT2D eigenvalue weighted by Crippen LogP contribution is -2.12. The first-order chi connectivity index (χ1) is 12.9. The van der Waals surface area contributed by atoms with Crippen molar-refractivity contribution in [3.8, 4) is 21.6 Å². The zero-order chi connectivity index (χ0) is 17.6. The predicted octanol–water partition coefficient (Wildman–Crippen LogP) is 5.16. The second-order valence-electron chi connectivity index (χ2n) is 6.03. The zero-order valence-electron chi connectivity index (χ0n) is 14.3. The van der Waals surface area contributed by atoms with E-state index in [1.54, 1.807) is 17.5 Å². The Kier molecular flexibility index (Phi) is 5.14. The molecule has 0 aliphatic carbocycles. The number of aromatic nitrogens is 2. The maximum Gasteiger partial charge on any atom is 0.107 e. The van der Waals surface area contributed by atoms with Crippen LogP contribution in [0, 0.1) is 0 Å². The average Bonchev–Trinajstić information content (AvgIpc) is 3.19. The molecule has 2 aromatic carbocycles. The Morgan fingerprint density at radius 2 is 1.50 bits per heavy atom. The number of hydrogen-bond donors (Lipinski definition) is 1. The van der Waals surface area contributed by atoms with Crippen molar-refractivity contribution in [1.82, 2.24) is 15.3 Å². The Hall–Kier alpha value is -2.82. The van der Waals surface area contributed by atoms with E-state index in [1.165, 1.54) is 27.1 Å². The molecule has 0 radical (unpaired) electrons. The number of benzene rings is 2. The summed E-state index contributed by atoms with van der Waals surface area (Å²) in [7, 11) is 0. The van der Waals surface area contributed by atoms with Crippen LogP contribution in [0.5, 0.6) is 0 Å². The Balaban J connectivity index is 1.39. The smallest absolute Gasteiger partial charge is 0.107 e. The summed E-state index contributed by atoms with van der Waals surface area (Å²) < 4.78 is 0. The highest BCUT2D eigenvalue weighted by atomic mass is 32.1. The van der Waals surface area contributed by atoms with Crippen molar-refractivity contribution in [2.45, 2.75) is 13.1 Å². The van der Waals surface area contributed by atoms with E-state index in [1.807, 2.05) is 24.5 Å². The summed E-state index contributed by atoms with van der Waals surface area (Å²) in [5.74, 6) is 0. The monoisotopic (exact) mass is 357 g/mol. The molecule has 0 saturated carbocycles. The van der Waals surface area contributed by atoms with Crippen LogP contribution in [0.3, 0.4) is 0 Å². The summed E-state index contributed by atoms with van der Waals surface area (Å²) in [6, 6.07) is 23.1. The Morgan fingerprint density at radius 1 is 0.731 bits per heavy atom. The van der Waals surface area contributed by atoms with E-state index >= 15 is 0 Å². The van der Waals surface area contributed by atoms with Gasteiger partial charge in [0.15, 0.2) is 0 Å². The Labute approximate surface area is 157 Å². The first-order valence-electron chi connectivity index (χ1n) is 8.59. The minimum atomic E-state index is 0.766. The van der Waals surface area contributed by atoms with E-state index < -0.39 is 0 Å². The molecule has 0 amide bonds. The van der Waals surface area contributed by atoms with E-state index in [-0.39, 0.29) is 0 Å². The molecule has 26 heavy (non-hydrogen) atoms. The molecule has 0 spiro atoms. The van der Waals surface area contributed by atoms with Crippen molar-refractivity contribution in [2.75, 3.05) is 0 Å². The number of hydrogen-bond acceptors (Lipinski definition) is 4. The van der Waals surface area contributed by atoms with Crippen molar-refractivity contribution in [3.05, 3.63) is 95.9 Å². The molecule has 0 aliphatic rings. The summed E-state index contributed by atoms with van der Waals surface area (Å²) in [6.07, 6.45) is 5.64. The fraction of sp³-hybridized carbons (Fsp3) is 0.0909. The van der Waals surface area contributed by atoms with Gasteiger partial charge in [0.1, 0.15) is 5.01 Å². The molecule has 4 rings (SSSR count). The van der Waals surface area contributed by atoms with Crippen LogP contribution in [-0.4, -0.2) is 9.97 Å². The van der Waals surface area contributed by atoms with Crippen molar-refractivity contribution in [1.29, 1.82) is 0 Å². The van der Waals surface area contributed by atoms with Crippen LogP contribution in [0.25, 0.3) is 21.6 Å². The Bertz CT molecular complexity index is 948. The summed E-state index contributed by atoms with van der Waals surface area (Å²) in [4.78, 5) is 9.87. The SMILES string of the molecule is c1ccc(-c2ccc(-c3cnc(CNCc4cccnc4)s3)cc2)cc1. The lowest BCUT2D eigenvalue weighted by Gasteiger charge is -2.03. The maximum absolute atomic E-state index is 4.54. The highest BCUT2D eigenvalue weighted by molar-refractivity contribution is 7.15. The molecular formula is C22H19N3S. The molecule has 2 aromatic heterocycles. The molecule has 1 N–H and O–H groups in total. The van der Waals surface area contributed by atoms with Crippen LogP contribution in [0.1, 0.15) is 10.6 Å². The van der Waals surface area contributed by atoms with Gasteiger partial charge >= 0.3 is 0 Å². The largest absolute Gasteiger partial charge is 0.306 e. The number of nitrogens with one attached hydrogen (secondary N) is 1. The predicted molar refractivity (Wildman–Crippen MR) is 108 cm³/mol. The highest BCUT2D eigenvalue weighted by Crippen LogP contribution is 2.28. The second-order valence-corrected chi connectivity index (χ2v) is 7.14. The topological polar surface area (TPSA) is 37.8 Å². The van der Waals surface area contributed by atoms with Gasteiger partial charge in [0.25, 0.3) is 0 Å². The standard InChI is InChI=1S/C22H19N3S/c1-2-6-18(7-3-1)19-8-10-20(11-9-19)21-15-25-22(26-21)16-24-14-17-5-4-12-23-13-17/h1-13,15,24H,14,16H2. The summed E-state index contributed by atoms with van der Waals surface area (Å²) in [6.45, 7) is 1.57. The summed E-state index contributed by atoms with van der Waals surface area (Å²) >= 11 is 1.73. The molecule has 3 nitrogen and oxygen atoms in total. The molecular weight excluding hydrogens is 338 g/mol. The molecule has 0 atom stereocenters. The van der Waals surface area contributed by atoms with Gasteiger partial charge in [0.2, 0.25) is 0 Å². The van der Waals surface area contributed by atoms with E-state index in [4.69, 9.17) is 0 Å². The Morgan fingerprint density at radius 3 is 2.27 bits per heavy atom. The highest BCUT2D eigenvalue weighted by Gasteiger charge is 2.05. The van der Waals surface area contributed by atoms with Crippen molar-refractivity contribution < 1.29 is 0 Å². The van der Waals surface area contributed by atoms with Crippen LogP contribution in [0.4, 0.5) is 0 Å². The maximum atomic E-state index is 4.54. The van der Waals surface area contributed by atoms with Crippen LogP contribution in [0.2, 0.25) is 0 Å². The fourth-order valence-electron chi connectivity index (χ4n) is 2.80. The number of rotatable bonds is 6. The molecule has 0 fully saturated rings. The first kappa shape index (κ1) is 16.6. The molecule has 0 unspecified atom stereocenters. The van der Waals surface area contributed by atoms with Crippen LogP contribution in [-0.2, 0) is 13.1 Å². The number of nitrogens with zero attached hydrogens (tertiary/aromatic N) is 2. The number of thiazole rings is 1. The molecule has 2 heterocycles. The van der Waals surface area contributed by atoms with Gasteiger partial charge in [-0.25, -0.2) is 4.98 Å². The minimum Gasteiger partial charge on any atom is -0.306 e. The quantitative estimate of drug-likeness (QED) is 0.518. The third-order valence-electron chi connectivity index (χ3n) is 4.16. The van der Waals surface area contributed by atoms with Crippen LogP contribution < -0.4 is 5.32 Å². The van der Waals surface area contributed by atoms with Crippen LogP contribution >= 0.6 is 11.3 Å². The van der Waals surface area contributed by atoms with Gasteiger partial charge in [-0.2, -0.15) is 0 Å². The van der Waals surface area contributed by atoms with Crippen molar-refractivity contribution in [2.24, 2.45) is 0 Å². The molecule has 128 valence electrons. The van der Waals surface area contributed by atoms with Gasteiger partial charge in [-0.15, -0.1) is 11.3 Å². The third-order valence-corrected chi connectivity index (χ3v) is 5.20. The van der Waals surface area contributed by atoms with Crippen LogP contribution in [0.15, 0.2) is 85.3 Å².